The van der Waals surface area contributed by atoms with E-state index in [-0.39, 0.29) is 71.7 Å². The summed E-state index contributed by atoms with van der Waals surface area (Å²) >= 11 is 0. The van der Waals surface area contributed by atoms with Crippen LogP contribution in [0.1, 0.15) is 74.7 Å². The lowest BCUT2D eigenvalue weighted by Gasteiger charge is -2.32. The summed E-state index contributed by atoms with van der Waals surface area (Å²) in [5.41, 5.74) is 2.51. The first-order valence-electron chi connectivity index (χ1n) is 15.3. The number of allylic oxidation sites excluding steroid dienone is 1. The van der Waals surface area contributed by atoms with Gasteiger partial charge in [-0.2, -0.15) is 0 Å². The number of methoxy groups -OCH3 is 1. The van der Waals surface area contributed by atoms with Gasteiger partial charge in [0.05, 0.1) is 13.0 Å². The van der Waals surface area contributed by atoms with E-state index >= 15 is 0 Å². The Morgan fingerprint density at radius 1 is 1.27 bits per heavy atom. The first kappa shape index (κ1) is 26.7. The molecule has 0 spiro atoms. The van der Waals surface area contributed by atoms with Crippen molar-refractivity contribution in [2.75, 3.05) is 20.3 Å². The lowest BCUT2D eigenvalue weighted by Crippen LogP contribution is -2.52. The molecule has 7 atom stereocenters. The van der Waals surface area contributed by atoms with Crippen LogP contribution in [0.4, 0.5) is 0 Å². The third-order valence-corrected chi connectivity index (χ3v) is 10.7. The number of oxime groups is 1. The molecule has 220 valence electrons. The fourth-order valence-corrected chi connectivity index (χ4v) is 7.52. The zero-order valence-electron chi connectivity index (χ0n) is 24.1. The van der Waals surface area contributed by atoms with Gasteiger partial charge in [-0.15, -0.1) is 0 Å². The zero-order chi connectivity index (χ0) is 28.5. The van der Waals surface area contributed by atoms with Gasteiger partial charge in [-0.05, 0) is 68.8 Å². The van der Waals surface area contributed by atoms with Gasteiger partial charge in [0.15, 0.2) is 5.84 Å². The summed E-state index contributed by atoms with van der Waals surface area (Å²) in [5, 5.41) is 20.5. The molecule has 3 heterocycles. The third-order valence-electron chi connectivity index (χ3n) is 10.7. The Morgan fingerprint density at radius 2 is 2.05 bits per heavy atom. The van der Waals surface area contributed by atoms with Crippen LogP contribution in [0.25, 0.3) is 0 Å². The fraction of sp³-hybridized carbons (Fsp3) is 0.677. The van der Waals surface area contributed by atoms with Crippen LogP contribution in [-0.4, -0.2) is 71.2 Å². The van der Waals surface area contributed by atoms with Crippen LogP contribution >= 0.6 is 0 Å². The van der Waals surface area contributed by atoms with Crippen molar-refractivity contribution < 1.29 is 24.3 Å². The molecule has 0 unspecified atom stereocenters. The van der Waals surface area contributed by atoms with Gasteiger partial charge in [-0.25, -0.2) is 4.98 Å². The zero-order valence-corrected chi connectivity index (χ0v) is 24.1. The number of nitrogens with zero attached hydrogens (tertiary/aromatic N) is 3. The van der Waals surface area contributed by atoms with Crippen molar-refractivity contribution in [1.82, 2.24) is 20.5 Å². The molecule has 1 aromatic heterocycles. The fourth-order valence-electron chi connectivity index (χ4n) is 7.52. The van der Waals surface area contributed by atoms with Gasteiger partial charge in [0.1, 0.15) is 5.56 Å². The average Bonchev–Trinajstić information content (AvgIpc) is 3.76. The molecule has 7 rings (SSSR count). The van der Waals surface area contributed by atoms with Crippen molar-refractivity contribution in [1.29, 1.82) is 0 Å². The van der Waals surface area contributed by atoms with E-state index in [0.29, 0.717) is 35.8 Å². The van der Waals surface area contributed by atoms with Gasteiger partial charge in [0.2, 0.25) is 18.0 Å². The van der Waals surface area contributed by atoms with Crippen LogP contribution in [0.2, 0.25) is 0 Å². The number of ether oxygens (including phenoxy) is 1. The maximum atomic E-state index is 14.0. The molecule has 0 aromatic carbocycles. The van der Waals surface area contributed by atoms with Crippen LogP contribution in [-0.2, 0) is 9.63 Å². The van der Waals surface area contributed by atoms with E-state index in [1.165, 1.54) is 25.5 Å². The number of aliphatic hydroxyl groups is 1. The van der Waals surface area contributed by atoms with E-state index in [2.05, 4.69) is 40.7 Å². The molecule has 2 amide bonds. The number of rotatable bonds is 9. The summed E-state index contributed by atoms with van der Waals surface area (Å²) in [6, 6.07) is 1.58. The van der Waals surface area contributed by atoms with Gasteiger partial charge in [0, 0.05) is 55.3 Å². The van der Waals surface area contributed by atoms with Crippen molar-refractivity contribution in [2.45, 2.75) is 77.1 Å². The minimum absolute atomic E-state index is 0.0552. The molecule has 10 heteroatoms. The van der Waals surface area contributed by atoms with Crippen LogP contribution < -0.4 is 15.4 Å². The number of amidine groups is 1. The highest BCUT2D eigenvalue weighted by atomic mass is 16.7. The Hall–Kier alpha value is -3.14. The highest BCUT2D eigenvalue weighted by Gasteiger charge is 2.56. The Balaban J connectivity index is 1.15. The molecule has 5 fully saturated rings. The molecule has 0 radical (unpaired) electrons. The summed E-state index contributed by atoms with van der Waals surface area (Å²) in [4.78, 5) is 39.8. The summed E-state index contributed by atoms with van der Waals surface area (Å²) in [7, 11) is 1.50. The molecule has 4 aliphatic carbocycles. The van der Waals surface area contributed by atoms with E-state index in [9.17, 15) is 14.7 Å². The monoisotopic (exact) mass is 563 g/mol. The Kier molecular flexibility index (Phi) is 6.52. The number of fused-ring (bicyclic) bond motifs is 3. The van der Waals surface area contributed by atoms with Crippen LogP contribution in [0.5, 0.6) is 5.88 Å². The number of hydrogen-bond acceptors (Lipinski definition) is 8. The lowest BCUT2D eigenvalue weighted by molar-refractivity contribution is -0.128. The number of aliphatic hydroxyl groups excluding tert-OH is 1. The van der Waals surface area contributed by atoms with Crippen molar-refractivity contribution in [3.63, 3.8) is 0 Å². The average molecular weight is 564 g/mol. The SMILES string of the molecule is COc1ncc(C2=NO[C@H]3C[C@H](CO)CN23)cc1C(=O)N[C@H]1[C@@H](C(=O)N[C@H](C)C2(C)CC2)[C@H]2CC[C@@H]1/C2=C\C1CC1. The number of amides is 2. The smallest absolute Gasteiger partial charge is 0.257 e. The van der Waals surface area contributed by atoms with E-state index in [0.717, 1.165) is 25.7 Å². The second kappa shape index (κ2) is 10.00. The van der Waals surface area contributed by atoms with Gasteiger partial charge in [0.25, 0.3) is 5.91 Å². The molecule has 2 aliphatic heterocycles. The van der Waals surface area contributed by atoms with Gasteiger partial charge < -0.3 is 30.2 Å². The molecule has 2 bridgehead atoms. The van der Waals surface area contributed by atoms with Crippen molar-refractivity contribution in [3.05, 3.63) is 35.0 Å². The number of pyridine rings is 1. The largest absolute Gasteiger partial charge is 0.480 e. The van der Waals surface area contributed by atoms with E-state index in [4.69, 9.17) is 9.57 Å². The molecule has 41 heavy (non-hydrogen) atoms. The number of aromatic nitrogens is 1. The summed E-state index contributed by atoms with van der Waals surface area (Å²) in [6.07, 6.45) is 11.2. The predicted octanol–water partition coefficient (Wildman–Crippen LogP) is 2.82. The van der Waals surface area contributed by atoms with Crippen molar-refractivity contribution in [3.8, 4) is 5.88 Å². The first-order valence-corrected chi connectivity index (χ1v) is 15.3. The van der Waals surface area contributed by atoms with Crippen LogP contribution in [0.15, 0.2) is 29.1 Å². The lowest BCUT2D eigenvalue weighted by atomic mass is 9.83. The Labute approximate surface area is 240 Å². The van der Waals surface area contributed by atoms with Gasteiger partial charge in [-0.1, -0.05) is 23.7 Å². The van der Waals surface area contributed by atoms with E-state index in [1.807, 2.05) is 4.90 Å². The maximum Gasteiger partial charge on any atom is 0.257 e. The number of carbonyl (C=O) groups is 2. The van der Waals surface area contributed by atoms with Crippen molar-refractivity contribution in [2.24, 2.45) is 40.2 Å². The van der Waals surface area contributed by atoms with E-state index in [1.54, 1.807) is 12.3 Å². The quantitative estimate of drug-likeness (QED) is 0.395. The molecular weight excluding hydrogens is 522 g/mol. The van der Waals surface area contributed by atoms with Gasteiger partial charge in [-0.3, -0.25) is 9.59 Å². The normalized spacial score (nSPS) is 34.2. The van der Waals surface area contributed by atoms with Crippen LogP contribution in [0.3, 0.4) is 0 Å². The predicted molar refractivity (Wildman–Crippen MR) is 151 cm³/mol. The molecular formula is C31H41N5O5. The highest BCUT2D eigenvalue weighted by Crippen LogP contribution is 2.55. The van der Waals surface area contributed by atoms with Crippen LogP contribution in [0, 0.1) is 35.0 Å². The topological polar surface area (TPSA) is 125 Å². The molecule has 3 N–H and O–H groups in total. The number of nitrogens with one attached hydrogen (secondary N) is 2. The highest BCUT2D eigenvalue weighted by molar-refractivity contribution is 6.03. The molecule has 4 saturated carbocycles. The number of carbonyl (C=O) groups excluding carboxylic acids is 2. The van der Waals surface area contributed by atoms with Crippen molar-refractivity contribution >= 4 is 17.6 Å². The standard InChI is InChI=1S/C31H41N5O5/c1-16(31(2)8-9-31)33-29(39)25-20-6-7-21(22(20)10-17-4-5-17)26(25)34-28(38)23-12-19(13-32-30(23)40-3)27-35-41-24-11-18(15-37)14-36(24)27/h10,12-13,16-18,20-21,24-26,37H,4-9,11,14-15H2,1-3H3,(H,33,39)(H,34,38)/b22-10-/t16-,18+,20+,21-,24+,25+,26-/m1/s1. The number of hydrogen-bond donors (Lipinski definition) is 3. The molecule has 1 saturated heterocycles. The summed E-state index contributed by atoms with van der Waals surface area (Å²) in [6.45, 7) is 5.06. The summed E-state index contributed by atoms with van der Waals surface area (Å²) in [5.74, 6) is 1.37. The van der Waals surface area contributed by atoms with Gasteiger partial charge >= 0.3 is 0 Å². The minimum Gasteiger partial charge on any atom is -0.480 e. The maximum absolute atomic E-state index is 14.0. The Morgan fingerprint density at radius 3 is 2.76 bits per heavy atom. The minimum atomic E-state index is -0.301. The first-order chi connectivity index (χ1) is 19.8. The second-order valence-electron chi connectivity index (χ2n) is 13.4. The third kappa shape index (κ3) is 4.68. The summed E-state index contributed by atoms with van der Waals surface area (Å²) < 4.78 is 5.50. The van der Waals surface area contributed by atoms with E-state index < -0.39 is 0 Å². The molecule has 10 nitrogen and oxygen atoms in total. The molecule has 1 aromatic rings. The Bertz CT molecular complexity index is 1300. The second-order valence-corrected chi connectivity index (χ2v) is 13.4. The molecule has 6 aliphatic rings.